The van der Waals surface area contributed by atoms with Crippen LogP contribution in [-0.4, -0.2) is 63.1 Å². The summed E-state index contributed by atoms with van der Waals surface area (Å²) in [6, 6.07) is 7.08. The topological polar surface area (TPSA) is 119 Å². The van der Waals surface area contributed by atoms with Gasteiger partial charge in [-0.2, -0.15) is 0 Å². The molecule has 3 rings (SSSR count). The molecule has 1 unspecified atom stereocenters. The summed E-state index contributed by atoms with van der Waals surface area (Å²) in [6.07, 6.45) is 4.20. The number of carbonyl (C=O) groups is 2. The summed E-state index contributed by atoms with van der Waals surface area (Å²) in [4.78, 5) is 25.7. The molecule has 138 valence electrons. The van der Waals surface area contributed by atoms with Gasteiger partial charge in [0, 0.05) is 18.7 Å². The lowest BCUT2D eigenvalue weighted by atomic mass is 9.97. The van der Waals surface area contributed by atoms with Crippen LogP contribution in [0.1, 0.15) is 29.6 Å². The van der Waals surface area contributed by atoms with Crippen molar-refractivity contribution >= 4 is 11.8 Å². The summed E-state index contributed by atoms with van der Waals surface area (Å²) in [7, 11) is 0. The van der Waals surface area contributed by atoms with E-state index in [-0.39, 0.29) is 17.7 Å². The van der Waals surface area contributed by atoms with Gasteiger partial charge in [-0.25, -0.2) is 4.68 Å². The molecule has 0 saturated carbocycles. The van der Waals surface area contributed by atoms with Gasteiger partial charge in [0.15, 0.2) is 0 Å². The number of piperidine rings is 1. The van der Waals surface area contributed by atoms with Gasteiger partial charge in [0.25, 0.3) is 5.91 Å². The normalized spacial score (nSPS) is 17.8. The van der Waals surface area contributed by atoms with Crippen LogP contribution in [0.3, 0.4) is 0 Å². The zero-order valence-electron chi connectivity index (χ0n) is 14.5. The molecule has 9 heteroatoms. The Hall–Kier alpha value is -2.81. The number of hydrogen-bond acceptors (Lipinski definition) is 6. The van der Waals surface area contributed by atoms with E-state index in [0.717, 1.165) is 44.6 Å². The van der Waals surface area contributed by atoms with Crippen molar-refractivity contribution in [1.29, 1.82) is 0 Å². The van der Waals surface area contributed by atoms with Crippen LogP contribution in [0.25, 0.3) is 5.69 Å². The van der Waals surface area contributed by atoms with Gasteiger partial charge < -0.3 is 16.0 Å². The van der Waals surface area contributed by atoms with E-state index in [9.17, 15) is 9.59 Å². The van der Waals surface area contributed by atoms with E-state index in [4.69, 9.17) is 5.73 Å². The van der Waals surface area contributed by atoms with E-state index in [1.165, 1.54) is 11.0 Å². The second-order valence-corrected chi connectivity index (χ2v) is 6.45. The number of nitrogens with zero attached hydrogens (tertiary/aromatic N) is 5. The van der Waals surface area contributed by atoms with Crippen molar-refractivity contribution in [2.45, 2.75) is 19.3 Å². The number of rotatable bonds is 7. The standard InChI is InChI=1S/C17H23N7O2/c18-16(25)14-3-1-9-23(11-14)10-2-8-19-17(26)13-4-6-15(7-5-13)24-12-20-21-22-24/h4-7,12,14H,1-3,8-11H2,(H2,18,25)(H,19,26). The molecule has 26 heavy (non-hydrogen) atoms. The minimum absolute atomic E-state index is 0.0444. The third kappa shape index (κ3) is 4.63. The molecule has 1 aromatic heterocycles. The van der Waals surface area contributed by atoms with Crippen molar-refractivity contribution in [2.75, 3.05) is 26.2 Å². The number of nitrogens with one attached hydrogen (secondary N) is 1. The molecule has 1 aliphatic rings. The molecule has 3 N–H and O–H groups in total. The highest BCUT2D eigenvalue weighted by molar-refractivity contribution is 5.94. The van der Waals surface area contributed by atoms with Crippen LogP contribution in [0.5, 0.6) is 0 Å². The number of likely N-dealkylation sites (tertiary alicyclic amines) is 1. The van der Waals surface area contributed by atoms with E-state index >= 15 is 0 Å². The van der Waals surface area contributed by atoms with Gasteiger partial charge in [-0.05, 0) is 67.0 Å². The summed E-state index contributed by atoms with van der Waals surface area (Å²) >= 11 is 0. The van der Waals surface area contributed by atoms with Gasteiger partial charge in [-0.1, -0.05) is 0 Å². The van der Waals surface area contributed by atoms with Gasteiger partial charge in [-0.15, -0.1) is 5.10 Å². The van der Waals surface area contributed by atoms with Crippen molar-refractivity contribution in [2.24, 2.45) is 11.7 Å². The molecule has 1 aromatic carbocycles. The van der Waals surface area contributed by atoms with Crippen molar-refractivity contribution in [3.05, 3.63) is 36.2 Å². The molecule has 1 atom stereocenters. The minimum atomic E-state index is -0.215. The van der Waals surface area contributed by atoms with E-state index < -0.39 is 0 Å². The first kappa shape index (κ1) is 18.0. The number of amides is 2. The molecule has 1 fully saturated rings. The first-order valence-electron chi connectivity index (χ1n) is 8.77. The summed E-state index contributed by atoms with van der Waals surface area (Å²) < 4.78 is 1.53. The second kappa shape index (κ2) is 8.52. The summed E-state index contributed by atoms with van der Waals surface area (Å²) in [5.74, 6) is -0.368. The Labute approximate surface area is 151 Å². The Kier molecular flexibility index (Phi) is 5.90. The number of benzene rings is 1. The summed E-state index contributed by atoms with van der Waals surface area (Å²) in [5.41, 5.74) is 6.78. The number of primary amides is 1. The predicted octanol–water partition coefficient (Wildman–Crippen LogP) is -0.0205. The molecule has 2 heterocycles. The average Bonchev–Trinajstić information content (AvgIpc) is 3.20. The van der Waals surface area contributed by atoms with Gasteiger partial charge in [0.05, 0.1) is 11.6 Å². The lowest BCUT2D eigenvalue weighted by Crippen LogP contribution is -2.42. The Morgan fingerprint density at radius 2 is 2.08 bits per heavy atom. The minimum Gasteiger partial charge on any atom is -0.369 e. The van der Waals surface area contributed by atoms with Crippen LogP contribution in [0, 0.1) is 5.92 Å². The lowest BCUT2D eigenvalue weighted by Gasteiger charge is -2.31. The first-order valence-corrected chi connectivity index (χ1v) is 8.77. The highest BCUT2D eigenvalue weighted by Crippen LogP contribution is 2.15. The van der Waals surface area contributed by atoms with E-state index in [0.29, 0.717) is 12.1 Å². The van der Waals surface area contributed by atoms with Gasteiger partial charge in [0.1, 0.15) is 6.33 Å². The molecule has 0 spiro atoms. The van der Waals surface area contributed by atoms with Crippen molar-refractivity contribution < 1.29 is 9.59 Å². The Bertz CT molecular complexity index is 730. The monoisotopic (exact) mass is 357 g/mol. The Balaban J connectivity index is 1.41. The highest BCUT2D eigenvalue weighted by atomic mass is 16.2. The molecule has 0 radical (unpaired) electrons. The van der Waals surface area contributed by atoms with Crippen molar-refractivity contribution in [3.8, 4) is 5.69 Å². The molecular weight excluding hydrogens is 334 g/mol. The first-order chi connectivity index (χ1) is 12.6. The summed E-state index contributed by atoms with van der Waals surface area (Å²) in [5, 5.41) is 13.9. The second-order valence-electron chi connectivity index (χ2n) is 6.45. The number of hydrogen-bond donors (Lipinski definition) is 2. The van der Waals surface area contributed by atoms with Crippen LogP contribution >= 0.6 is 0 Å². The number of nitrogens with two attached hydrogens (primary N) is 1. The van der Waals surface area contributed by atoms with Crippen LogP contribution in [0.15, 0.2) is 30.6 Å². The van der Waals surface area contributed by atoms with Crippen molar-refractivity contribution in [1.82, 2.24) is 30.4 Å². The predicted molar refractivity (Wildman–Crippen MR) is 94.5 cm³/mol. The lowest BCUT2D eigenvalue weighted by molar-refractivity contribution is -0.123. The van der Waals surface area contributed by atoms with Crippen molar-refractivity contribution in [3.63, 3.8) is 0 Å². The fourth-order valence-electron chi connectivity index (χ4n) is 3.14. The third-order valence-corrected chi connectivity index (χ3v) is 4.59. The maximum atomic E-state index is 12.2. The fourth-order valence-corrected chi connectivity index (χ4v) is 3.14. The Morgan fingerprint density at radius 3 is 2.77 bits per heavy atom. The van der Waals surface area contributed by atoms with Gasteiger partial charge in [0.2, 0.25) is 5.91 Å². The fraction of sp³-hybridized carbons (Fsp3) is 0.471. The molecule has 9 nitrogen and oxygen atoms in total. The van der Waals surface area contributed by atoms with Crippen LogP contribution in [0.4, 0.5) is 0 Å². The number of tetrazole rings is 1. The zero-order valence-corrected chi connectivity index (χ0v) is 14.5. The average molecular weight is 357 g/mol. The third-order valence-electron chi connectivity index (χ3n) is 4.59. The van der Waals surface area contributed by atoms with Crippen LogP contribution in [0.2, 0.25) is 0 Å². The molecule has 2 amide bonds. The molecule has 0 aliphatic carbocycles. The van der Waals surface area contributed by atoms with E-state index in [2.05, 4.69) is 25.7 Å². The molecule has 0 bridgehead atoms. The summed E-state index contributed by atoms with van der Waals surface area (Å²) in [6.45, 7) is 3.14. The van der Waals surface area contributed by atoms with E-state index in [1.54, 1.807) is 24.3 Å². The molecule has 1 aliphatic heterocycles. The molecule has 2 aromatic rings. The van der Waals surface area contributed by atoms with Gasteiger partial charge in [-0.3, -0.25) is 9.59 Å². The quantitative estimate of drug-likeness (QED) is 0.672. The maximum absolute atomic E-state index is 12.2. The smallest absolute Gasteiger partial charge is 0.251 e. The molecule has 1 saturated heterocycles. The Morgan fingerprint density at radius 1 is 1.27 bits per heavy atom. The number of carbonyl (C=O) groups excluding carboxylic acids is 2. The van der Waals surface area contributed by atoms with Gasteiger partial charge >= 0.3 is 0 Å². The largest absolute Gasteiger partial charge is 0.369 e. The maximum Gasteiger partial charge on any atom is 0.251 e. The zero-order chi connectivity index (χ0) is 18.4. The number of aromatic nitrogens is 4. The molecular formula is C17H23N7O2. The van der Waals surface area contributed by atoms with E-state index in [1.807, 2.05) is 0 Å². The van der Waals surface area contributed by atoms with Crippen LogP contribution < -0.4 is 11.1 Å². The SMILES string of the molecule is NC(=O)C1CCCN(CCCNC(=O)c2ccc(-n3cnnn3)cc2)C1. The highest BCUT2D eigenvalue weighted by Gasteiger charge is 2.23. The van der Waals surface area contributed by atoms with Crippen LogP contribution in [-0.2, 0) is 4.79 Å².